The van der Waals surface area contributed by atoms with Crippen LogP contribution in [-0.2, 0) is 6.18 Å². The zero-order chi connectivity index (χ0) is 29.6. The average molecular weight is 592 g/mol. The Kier molecular flexibility index (Phi) is 7.52. The topological polar surface area (TPSA) is 149 Å². The molecule has 0 radical (unpaired) electrons. The molecule has 0 bridgehead atoms. The highest BCUT2D eigenvalue weighted by Crippen LogP contribution is 2.47. The largest absolute Gasteiger partial charge is 0.417 e. The summed E-state index contributed by atoms with van der Waals surface area (Å²) < 4.78 is 42.2. The first kappa shape index (κ1) is 28.8. The van der Waals surface area contributed by atoms with Crippen molar-refractivity contribution >= 4 is 57.9 Å². The minimum atomic E-state index is -4.84. The van der Waals surface area contributed by atoms with Gasteiger partial charge in [0.15, 0.2) is 5.65 Å². The van der Waals surface area contributed by atoms with Crippen LogP contribution in [0.3, 0.4) is 0 Å². The number of halogens is 5. The summed E-state index contributed by atoms with van der Waals surface area (Å²) in [5.41, 5.74) is 8.62. The van der Waals surface area contributed by atoms with Crippen molar-refractivity contribution in [3.8, 4) is 22.3 Å². The lowest BCUT2D eigenvalue weighted by atomic mass is 9.91. The number of aromatic nitrogens is 3. The molecule has 4 rings (SSSR count). The quantitative estimate of drug-likeness (QED) is 0.219. The Morgan fingerprint density at radius 2 is 1.68 bits per heavy atom. The summed E-state index contributed by atoms with van der Waals surface area (Å²) >= 11 is 13.3. The van der Waals surface area contributed by atoms with Gasteiger partial charge in [0, 0.05) is 44.9 Å². The fourth-order valence-corrected chi connectivity index (χ4v) is 4.69. The number of amides is 3. The van der Waals surface area contributed by atoms with Gasteiger partial charge in [0.05, 0.1) is 15.6 Å². The first-order valence-electron chi connectivity index (χ1n) is 11.6. The van der Waals surface area contributed by atoms with Gasteiger partial charge in [-0.3, -0.25) is 10.1 Å². The number of carbonyl (C=O) groups is 2. The molecule has 2 aromatic carbocycles. The van der Waals surface area contributed by atoms with E-state index in [4.69, 9.17) is 34.7 Å². The molecule has 3 amide bonds. The van der Waals surface area contributed by atoms with E-state index in [2.05, 4.69) is 25.6 Å². The molecule has 2 aromatic heterocycles. The zero-order valence-corrected chi connectivity index (χ0v) is 22.8. The number of nitrogens with zero attached hydrogens (tertiary/aromatic N) is 3. The van der Waals surface area contributed by atoms with E-state index in [-0.39, 0.29) is 44.1 Å². The third-order valence-corrected chi connectivity index (χ3v) is 6.28. The molecule has 9 nitrogen and oxygen atoms in total. The van der Waals surface area contributed by atoms with Crippen LogP contribution in [0.15, 0.2) is 42.6 Å². The zero-order valence-electron chi connectivity index (χ0n) is 21.2. The number of benzene rings is 2. The van der Waals surface area contributed by atoms with Gasteiger partial charge >= 0.3 is 12.2 Å². The Labute approximate surface area is 236 Å². The maximum atomic E-state index is 14.1. The van der Waals surface area contributed by atoms with Crippen molar-refractivity contribution in [2.24, 2.45) is 5.73 Å². The second-order valence-corrected chi connectivity index (χ2v) is 10.5. The Hall–Kier alpha value is -4.16. The Bertz CT molecular complexity index is 1670. The number of nitrogen functional groups attached to an aromatic ring is 1. The average Bonchev–Trinajstić information content (AvgIpc) is 2.82. The van der Waals surface area contributed by atoms with Crippen molar-refractivity contribution in [1.29, 1.82) is 0 Å². The van der Waals surface area contributed by atoms with E-state index in [1.54, 1.807) is 20.8 Å². The third-order valence-electron chi connectivity index (χ3n) is 5.57. The van der Waals surface area contributed by atoms with Crippen molar-refractivity contribution < 1.29 is 22.8 Å². The van der Waals surface area contributed by atoms with Crippen LogP contribution in [0.1, 0.15) is 36.7 Å². The van der Waals surface area contributed by atoms with Gasteiger partial charge in [-0.1, -0.05) is 35.3 Å². The van der Waals surface area contributed by atoms with Crippen LogP contribution in [0.2, 0.25) is 10.0 Å². The van der Waals surface area contributed by atoms with E-state index in [9.17, 15) is 22.8 Å². The second kappa shape index (κ2) is 10.4. The standard InChI is InChI=1S/C26H22Cl2F3N7O2/c1-25(2,3)38-24(40)37-22-14(9-11-10-34-23(33)36-21(11)35-22)18-16(27)8-7-12(19(18)28)17-13(20(32)39)5-4-6-15(17)26(29,30)31/h4-10H,1-3H3,(H2,32,39)(H4,33,34,35,36,37,38,40). The summed E-state index contributed by atoms with van der Waals surface area (Å²) in [6, 6.07) is 6.50. The van der Waals surface area contributed by atoms with Crippen molar-refractivity contribution in [2.45, 2.75) is 32.5 Å². The number of alkyl halides is 3. The van der Waals surface area contributed by atoms with Gasteiger partial charge in [-0.15, -0.1) is 0 Å². The molecule has 4 aromatic rings. The van der Waals surface area contributed by atoms with Gasteiger partial charge in [0.25, 0.3) is 0 Å². The summed E-state index contributed by atoms with van der Waals surface area (Å²) in [6.45, 7) is 5.29. The molecule has 0 saturated carbocycles. The monoisotopic (exact) mass is 591 g/mol. The lowest BCUT2D eigenvalue weighted by Gasteiger charge is -2.22. The number of nitrogens with one attached hydrogen (secondary N) is 2. The fourth-order valence-electron chi connectivity index (χ4n) is 4.02. The number of primary amides is 1. The van der Waals surface area contributed by atoms with Crippen molar-refractivity contribution in [3.63, 3.8) is 0 Å². The molecular weight excluding hydrogens is 570 g/mol. The van der Waals surface area contributed by atoms with Gasteiger partial charge in [0.1, 0.15) is 5.82 Å². The van der Waals surface area contributed by atoms with E-state index in [1.807, 2.05) is 0 Å². The van der Waals surface area contributed by atoms with E-state index in [1.165, 1.54) is 30.5 Å². The predicted molar refractivity (Wildman–Crippen MR) is 148 cm³/mol. The molecule has 2 heterocycles. The summed E-state index contributed by atoms with van der Waals surface area (Å²) in [5, 5.41) is 5.50. The van der Waals surface area contributed by atoms with Gasteiger partial charge in [-0.2, -0.15) is 18.2 Å². The number of anilines is 2. The molecule has 0 aliphatic heterocycles. The maximum Gasteiger partial charge on any atom is 0.417 e. The summed E-state index contributed by atoms with van der Waals surface area (Å²) in [4.78, 5) is 37.4. The Morgan fingerprint density at radius 1 is 0.975 bits per heavy atom. The number of pyridine rings is 1. The lowest BCUT2D eigenvalue weighted by molar-refractivity contribution is -0.137. The van der Waals surface area contributed by atoms with E-state index < -0.39 is 40.3 Å². The molecule has 208 valence electrons. The molecule has 40 heavy (non-hydrogen) atoms. The SMILES string of the molecule is CC(C)(C)NC(=O)Nc1nc2nc(N)ncc2cc1-c1c(Cl)ccc(-c2c(C(N)=O)cccc2C(F)(F)F)c1Cl. The first-order valence-corrected chi connectivity index (χ1v) is 12.3. The first-order chi connectivity index (χ1) is 18.6. The van der Waals surface area contributed by atoms with E-state index >= 15 is 0 Å². The molecule has 0 unspecified atom stereocenters. The van der Waals surface area contributed by atoms with Crippen LogP contribution in [0, 0.1) is 0 Å². The highest BCUT2D eigenvalue weighted by atomic mass is 35.5. The molecular formula is C26H22Cl2F3N7O2. The maximum absolute atomic E-state index is 14.1. The molecule has 0 saturated heterocycles. The minimum Gasteiger partial charge on any atom is -0.368 e. The number of hydrogen-bond acceptors (Lipinski definition) is 6. The number of urea groups is 1. The van der Waals surface area contributed by atoms with Crippen LogP contribution >= 0.6 is 23.2 Å². The fraction of sp³-hybridized carbons (Fsp3) is 0.192. The predicted octanol–water partition coefficient (Wildman–Crippen LogP) is 6.29. The number of fused-ring (bicyclic) bond motifs is 1. The number of carbonyl (C=O) groups excluding carboxylic acids is 2. The normalized spacial score (nSPS) is 11.9. The van der Waals surface area contributed by atoms with Crippen LogP contribution < -0.4 is 22.1 Å². The van der Waals surface area contributed by atoms with E-state index in [0.29, 0.717) is 5.39 Å². The number of rotatable bonds is 4. The Balaban J connectivity index is 2.03. The summed E-state index contributed by atoms with van der Waals surface area (Å²) in [5.74, 6) is -1.22. The highest BCUT2D eigenvalue weighted by Gasteiger charge is 2.36. The minimum absolute atomic E-state index is 0.0238. The molecule has 14 heteroatoms. The number of hydrogen-bond donors (Lipinski definition) is 4. The molecule has 0 spiro atoms. The number of nitrogens with two attached hydrogens (primary N) is 2. The van der Waals surface area contributed by atoms with Crippen LogP contribution in [0.25, 0.3) is 33.3 Å². The highest BCUT2D eigenvalue weighted by molar-refractivity contribution is 6.41. The molecule has 0 atom stereocenters. The van der Waals surface area contributed by atoms with Gasteiger partial charge in [-0.05, 0) is 45.0 Å². The second-order valence-electron chi connectivity index (χ2n) is 9.73. The molecule has 0 aliphatic rings. The van der Waals surface area contributed by atoms with Gasteiger partial charge < -0.3 is 16.8 Å². The van der Waals surface area contributed by atoms with Crippen molar-refractivity contribution in [3.05, 3.63) is 63.8 Å². The summed E-state index contributed by atoms with van der Waals surface area (Å²) in [7, 11) is 0. The molecule has 0 fully saturated rings. The molecule has 0 aliphatic carbocycles. The van der Waals surface area contributed by atoms with E-state index in [0.717, 1.165) is 12.1 Å². The van der Waals surface area contributed by atoms with Crippen LogP contribution in [0.4, 0.5) is 29.7 Å². The van der Waals surface area contributed by atoms with Gasteiger partial charge in [0.2, 0.25) is 11.9 Å². The van der Waals surface area contributed by atoms with Gasteiger partial charge in [-0.25, -0.2) is 14.8 Å². The lowest BCUT2D eigenvalue weighted by Crippen LogP contribution is -2.43. The van der Waals surface area contributed by atoms with Crippen molar-refractivity contribution in [1.82, 2.24) is 20.3 Å². The van der Waals surface area contributed by atoms with Crippen molar-refractivity contribution in [2.75, 3.05) is 11.1 Å². The van der Waals surface area contributed by atoms with Crippen LogP contribution in [-0.4, -0.2) is 32.4 Å². The smallest absolute Gasteiger partial charge is 0.368 e. The van der Waals surface area contributed by atoms with Crippen LogP contribution in [0.5, 0.6) is 0 Å². The summed E-state index contributed by atoms with van der Waals surface area (Å²) in [6.07, 6.45) is -3.47. The molecule has 6 N–H and O–H groups in total. The Morgan fingerprint density at radius 3 is 2.30 bits per heavy atom. The third kappa shape index (κ3) is 5.87.